The molecule has 0 N–H and O–H groups in total. The highest BCUT2D eigenvalue weighted by Crippen LogP contribution is 2.13. The first-order chi connectivity index (χ1) is 10.6. The fraction of sp³-hybridized carbons (Fsp3) is 0.176. The smallest absolute Gasteiger partial charge is 0.347 e. The summed E-state index contributed by atoms with van der Waals surface area (Å²) in [7, 11) is 0. The summed E-state index contributed by atoms with van der Waals surface area (Å²) in [6.45, 7) is 1.28. The number of benzene rings is 2. The molecule has 0 aliphatic heterocycles. The van der Waals surface area contributed by atoms with Crippen LogP contribution in [0.4, 0.5) is 0 Å². The minimum absolute atomic E-state index is 0.257. The van der Waals surface area contributed by atoms with Gasteiger partial charge < -0.3 is 9.47 Å². The summed E-state index contributed by atoms with van der Waals surface area (Å²) in [5, 5.41) is 0. The number of ether oxygens (including phenoxy) is 2. The van der Waals surface area contributed by atoms with Gasteiger partial charge in [-0.05, 0) is 31.2 Å². The molecule has 0 saturated heterocycles. The number of hydrogen-bond acceptors (Lipinski definition) is 4. The average molecular weight is 363 g/mol. The minimum Gasteiger partial charge on any atom is -0.479 e. The molecule has 0 bridgehead atoms. The summed E-state index contributed by atoms with van der Waals surface area (Å²) >= 11 is 3.29. The molecule has 0 amide bonds. The number of hydrogen-bond donors (Lipinski definition) is 0. The molecule has 0 aliphatic rings. The Morgan fingerprint density at radius 3 is 2.32 bits per heavy atom. The van der Waals surface area contributed by atoms with Crippen molar-refractivity contribution < 1.29 is 19.1 Å². The molecular formula is C17H15BrO4. The highest BCUT2D eigenvalue weighted by atomic mass is 79.9. The van der Waals surface area contributed by atoms with Gasteiger partial charge in [-0.1, -0.05) is 46.3 Å². The quantitative estimate of drug-likeness (QED) is 0.581. The normalized spacial score (nSPS) is 11.5. The maximum absolute atomic E-state index is 11.9. The van der Waals surface area contributed by atoms with Crippen molar-refractivity contribution in [2.75, 3.05) is 6.61 Å². The van der Waals surface area contributed by atoms with Gasteiger partial charge in [0.15, 0.2) is 18.5 Å². The second-order valence-corrected chi connectivity index (χ2v) is 5.53. The fourth-order valence-electron chi connectivity index (χ4n) is 1.72. The molecule has 0 spiro atoms. The van der Waals surface area contributed by atoms with Gasteiger partial charge in [0.05, 0.1) is 0 Å². The Kier molecular flexibility index (Phi) is 5.72. The van der Waals surface area contributed by atoms with E-state index < -0.39 is 12.1 Å². The number of esters is 1. The lowest BCUT2D eigenvalue weighted by Crippen LogP contribution is -2.28. The molecule has 0 aliphatic carbocycles. The third-order valence-corrected chi connectivity index (χ3v) is 3.43. The first kappa shape index (κ1) is 16.2. The van der Waals surface area contributed by atoms with Crippen LogP contribution in [-0.2, 0) is 9.53 Å². The lowest BCUT2D eigenvalue weighted by atomic mass is 10.1. The maximum Gasteiger partial charge on any atom is 0.347 e. The molecule has 2 aromatic carbocycles. The van der Waals surface area contributed by atoms with Gasteiger partial charge in [-0.25, -0.2) is 4.79 Å². The highest BCUT2D eigenvalue weighted by Gasteiger charge is 2.18. The third kappa shape index (κ3) is 4.70. The van der Waals surface area contributed by atoms with Gasteiger partial charge in [0.2, 0.25) is 0 Å². The van der Waals surface area contributed by atoms with Crippen molar-refractivity contribution in [3.63, 3.8) is 0 Å². The number of para-hydroxylation sites is 1. The van der Waals surface area contributed by atoms with Crippen LogP contribution in [0.3, 0.4) is 0 Å². The van der Waals surface area contributed by atoms with E-state index in [4.69, 9.17) is 9.47 Å². The van der Waals surface area contributed by atoms with Crippen LogP contribution in [0.5, 0.6) is 5.75 Å². The van der Waals surface area contributed by atoms with E-state index in [1.165, 1.54) is 0 Å². The molecule has 22 heavy (non-hydrogen) atoms. The third-order valence-electron chi connectivity index (χ3n) is 2.90. The van der Waals surface area contributed by atoms with Crippen LogP contribution in [0, 0.1) is 0 Å². The average Bonchev–Trinajstić information content (AvgIpc) is 2.53. The fourth-order valence-corrected chi connectivity index (χ4v) is 1.99. The summed E-state index contributed by atoms with van der Waals surface area (Å²) in [6.07, 6.45) is -0.778. The zero-order valence-electron chi connectivity index (χ0n) is 12.0. The molecule has 5 heteroatoms. The molecule has 2 aromatic rings. The molecule has 0 radical (unpaired) electrons. The number of halogens is 1. The monoisotopic (exact) mass is 362 g/mol. The SMILES string of the molecule is CC(Oc1ccccc1)C(=O)OCC(=O)c1ccc(Br)cc1. The Morgan fingerprint density at radius 1 is 1.05 bits per heavy atom. The summed E-state index contributed by atoms with van der Waals surface area (Å²) in [5.74, 6) is -0.256. The lowest BCUT2D eigenvalue weighted by molar-refractivity contribution is -0.149. The Balaban J connectivity index is 1.84. The van der Waals surface area contributed by atoms with Crippen molar-refractivity contribution in [1.29, 1.82) is 0 Å². The molecule has 0 fully saturated rings. The van der Waals surface area contributed by atoms with Gasteiger partial charge in [-0.2, -0.15) is 0 Å². The molecule has 1 unspecified atom stereocenters. The van der Waals surface area contributed by atoms with Crippen LogP contribution in [0.25, 0.3) is 0 Å². The van der Waals surface area contributed by atoms with Crippen molar-refractivity contribution in [2.24, 2.45) is 0 Å². The molecule has 114 valence electrons. The van der Waals surface area contributed by atoms with Gasteiger partial charge in [-0.3, -0.25) is 4.79 Å². The largest absolute Gasteiger partial charge is 0.479 e. The van der Waals surface area contributed by atoms with Crippen molar-refractivity contribution in [3.05, 3.63) is 64.6 Å². The predicted octanol–water partition coefficient (Wildman–Crippen LogP) is 3.64. The number of ketones is 1. The van der Waals surface area contributed by atoms with E-state index in [1.807, 2.05) is 18.2 Å². The summed E-state index contributed by atoms with van der Waals surface area (Å²) in [6, 6.07) is 15.8. The maximum atomic E-state index is 11.9. The zero-order valence-corrected chi connectivity index (χ0v) is 13.6. The second-order valence-electron chi connectivity index (χ2n) is 4.61. The Labute approximate surface area is 137 Å². The number of Topliss-reactive ketones (excluding diaryl/α,β-unsaturated/α-hetero) is 1. The Bertz CT molecular complexity index is 637. The standard InChI is InChI=1S/C17H15BrO4/c1-12(22-15-5-3-2-4-6-15)17(20)21-11-16(19)13-7-9-14(18)10-8-13/h2-10,12H,11H2,1H3. The first-order valence-electron chi connectivity index (χ1n) is 6.73. The van der Waals surface area contributed by atoms with Crippen LogP contribution in [0.15, 0.2) is 59.1 Å². The van der Waals surface area contributed by atoms with Crippen LogP contribution in [0.2, 0.25) is 0 Å². The van der Waals surface area contributed by atoms with Crippen molar-refractivity contribution in [1.82, 2.24) is 0 Å². The molecule has 0 saturated carbocycles. The van der Waals surface area contributed by atoms with E-state index >= 15 is 0 Å². The van der Waals surface area contributed by atoms with Crippen molar-refractivity contribution >= 4 is 27.7 Å². The summed E-state index contributed by atoms with van der Waals surface area (Å²) in [5.41, 5.74) is 0.493. The van der Waals surface area contributed by atoms with E-state index in [0.717, 1.165) is 4.47 Å². The topological polar surface area (TPSA) is 52.6 Å². The summed E-state index contributed by atoms with van der Waals surface area (Å²) < 4.78 is 11.3. The van der Waals surface area contributed by atoms with Crippen LogP contribution >= 0.6 is 15.9 Å². The molecule has 1 atom stereocenters. The molecular weight excluding hydrogens is 348 g/mol. The Morgan fingerprint density at radius 2 is 1.68 bits per heavy atom. The molecule has 0 aromatic heterocycles. The van der Waals surface area contributed by atoms with E-state index in [9.17, 15) is 9.59 Å². The van der Waals surface area contributed by atoms with Gasteiger partial charge in [0, 0.05) is 10.0 Å². The van der Waals surface area contributed by atoms with Crippen LogP contribution in [0.1, 0.15) is 17.3 Å². The van der Waals surface area contributed by atoms with Crippen LogP contribution < -0.4 is 4.74 Å². The lowest BCUT2D eigenvalue weighted by Gasteiger charge is -2.13. The minimum atomic E-state index is -0.778. The van der Waals surface area contributed by atoms with Gasteiger partial charge >= 0.3 is 5.97 Å². The van der Waals surface area contributed by atoms with Gasteiger partial charge in [-0.15, -0.1) is 0 Å². The van der Waals surface area contributed by atoms with Crippen LogP contribution in [-0.4, -0.2) is 24.5 Å². The van der Waals surface area contributed by atoms with E-state index in [0.29, 0.717) is 11.3 Å². The first-order valence-corrected chi connectivity index (χ1v) is 7.52. The van der Waals surface area contributed by atoms with Gasteiger partial charge in [0.1, 0.15) is 5.75 Å². The molecule has 2 rings (SSSR count). The second kappa shape index (κ2) is 7.75. The number of carbonyl (C=O) groups excluding carboxylic acids is 2. The van der Waals surface area contributed by atoms with E-state index in [2.05, 4.69) is 15.9 Å². The Hall–Kier alpha value is -2.14. The molecule has 0 heterocycles. The zero-order chi connectivity index (χ0) is 15.9. The number of rotatable bonds is 6. The van der Waals surface area contributed by atoms with E-state index in [-0.39, 0.29) is 12.4 Å². The van der Waals surface area contributed by atoms with E-state index in [1.54, 1.807) is 43.3 Å². The highest BCUT2D eigenvalue weighted by molar-refractivity contribution is 9.10. The summed E-state index contributed by atoms with van der Waals surface area (Å²) in [4.78, 5) is 23.7. The van der Waals surface area contributed by atoms with Gasteiger partial charge in [0.25, 0.3) is 0 Å². The predicted molar refractivity (Wildman–Crippen MR) is 86.0 cm³/mol. The van der Waals surface area contributed by atoms with Crippen molar-refractivity contribution in [2.45, 2.75) is 13.0 Å². The molecule has 4 nitrogen and oxygen atoms in total. The number of carbonyl (C=O) groups is 2. The van der Waals surface area contributed by atoms with Crippen molar-refractivity contribution in [3.8, 4) is 5.75 Å².